The van der Waals surface area contributed by atoms with Crippen molar-refractivity contribution in [1.29, 1.82) is 0 Å². The largest absolute Gasteiger partial charge is 0.310 e. The van der Waals surface area contributed by atoms with Crippen LogP contribution in [0.25, 0.3) is 27.8 Å². The second-order valence-electron chi connectivity index (χ2n) is 16.6. The standard InChI is InChI=1S/C56H49N.C2H6/c1-5-38-37-56(47-27-16-13-24-44(47)45-25-14-17-28-48(45)56)49-29-18-15-26-46(49)53(38)51(6-2)57(43-34-32-40(33-35-43)39-20-9-7-8-10-21-39)52-31-19-30-50-54(52)41-22-11-12-23-42(36-41)55(50,3)4;1-2/h6-9,11-35H,5,10,36-37H2,1-4H3;1-2H3/b51-6+;. The maximum Gasteiger partial charge on any atom is 0.0540 e. The minimum absolute atomic E-state index is 0.101. The normalized spacial score (nSPS) is 17.6. The molecule has 1 heteroatoms. The lowest BCUT2D eigenvalue weighted by atomic mass is 9.62. The van der Waals surface area contributed by atoms with E-state index in [9.17, 15) is 0 Å². The van der Waals surface area contributed by atoms with Crippen LogP contribution >= 0.6 is 0 Å². The Balaban J connectivity index is 0.00000221. The molecule has 0 fully saturated rings. The quantitative estimate of drug-likeness (QED) is 0.166. The van der Waals surface area contributed by atoms with E-state index in [4.69, 9.17) is 0 Å². The molecule has 1 nitrogen and oxygen atoms in total. The van der Waals surface area contributed by atoms with Crippen LogP contribution in [0.4, 0.5) is 11.4 Å². The first-order valence-corrected chi connectivity index (χ1v) is 21.8. The van der Waals surface area contributed by atoms with Gasteiger partial charge in [0.2, 0.25) is 0 Å². The summed E-state index contributed by atoms with van der Waals surface area (Å²) in [6.07, 6.45) is 26.4. The van der Waals surface area contributed by atoms with Crippen molar-refractivity contribution in [3.63, 3.8) is 0 Å². The minimum Gasteiger partial charge on any atom is -0.310 e. The molecule has 10 rings (SSSR count). The summed E-state index contributed by atoms with van der Waals surface area (Å²) in [5.41, 5.74) is 22.5. The lowest BCUT2D eigenvalue weighted by Crippen LogP contribution is -2.33. The molecule has 5 aliphatic rings. The van der Waals surface area contributed by atoms with Crippen LogP contribution in [0.2, 0.25) is 0 Å². The van der Waals surface area contributed by atoms with Crippen molar-refractivity contribution in [3.8, 4) is 11.1 Å². The van der Waals surface area contributed by atoms with E-state index in [2.05, 4.69) is 209 Å². The van der Waals surface area contributed by atoms with Crippen molar-refractivity contribution in [2.24, 2.45) is 0 Å². The Labute approximate surface area is 352 Å². The molecule has 292 valence electrons. The molecule has 5 aromatic rings. The van der Waals surface area contributed by atoms with Crippen molar-refractivity contribution in [2.45, 2.75) is 78.1 Å². The van der Waals surface area contributed by atoms with Crippen LogP contribution in [0, 0.1) is 0 Å². The van der Waals surface area contributed by atoms with Gasteiger partial charge in [-0.15, -0.1) is 0 Å². The molecule has 2 bridgehead atoms. The number of nitrogens with zero attached hydrogens (tertiary/aromatic N) is 1. The molecule has 0 unspecified atom stereocenters. The van der Waals surface area contributed by atoms with Crippen molar-refractivity contribution in [2.75, 3.05) is 4.90 Å². The number of hydrogen-bond acceptors (Lipinski definition) is 1. The van der Waals surface area contributed by atoms with Crippen LogP contribution in [-0.4, -0.2) is 0 Å². The molecule has 0 amide bonds. The number of anilines is 2. The van der Waals surface area contributed by atoms with Crippen molar-refractivity contribution < 1.29 is 0 Å². The molecular weight excluding hydrogens is 711 g/mol. The van der Waals surface area contributed by atoms with Crippen LogP contribution in [-0.2, 0) is 10.8 Å². The summed E-state index contributed by atoms with van der Waals surface area (Å²) in [5, 5.41) is 0. The SMILES string of the molecule is C/C=C(\C1=C(CC)CC2(c3ccccc31)c1ccccc1-c1ccccc12)N(c1ccc(C2=CCC=CC=C2)cc1)c1cccc2c1C1=CC=CC=C(C1)C2(C)C.CC. The van der Waals surface area contributed by atoms with Crippen LogP contribution in [0.15, 0.2) is 193 Å². The predicted octanol–water partition coefficient (Wildman–Crippen LogP) is 15.8. The molecular formula is C58H55N. The summed E-state index contributed by atoms with van der Waals surface area (Å²) in [7, 11) is 0. The predicted molar refractivity (Wildman–Crippen MR) is 254 cm³/mol. The van der Waals surface area contributed by atoms with Gasteiger partial charge in [0.15, 0.2) is 0 Å². The summed E-state index contributed by atoms with van der Waals surface area (Å²) in [4.78, 5) is 2.60. The van der Waals surface area contributed by atoms with Gasteiger partial charge in [-0.2, -0.15) is 0 Å². The number of allylic oxidation sites excluding steroid dienone is 15. The van der Waals surface area contributed by atoms with Gasteiger partial charge < -0.3 is 4.90 Å². The van der Waals surface area contributed by atoms with Crippen molar-refractivity contribution in [1.82, 2.24) is 0 Å². The lowest BCUT2D eigenvalue weighted by molar-refractivity contribution is 0.598. The monoisotopic (exact) mass is 765 g/mol. The van der Waals surface area contributed by atoms with E-state index in [0.717, 1.165) is 31.4 Å². The third kappa shape index (κ3) is 6.05. The molecule has 0 heterocycles. The highest BCUT2D eigenvalue weighted by Gasteiger charge is 2.49. The first-order valence-electron chi connectivity index (χ1n) is 21.8. The van der Waals surface area contributed by atoms with Crippen LogP contribution < -0.4 is 4.90 Å². The first-order chi connectivity index (χ1) is 29.0. The fourth-order valence-electron chi connectivity index (χ4n) is 10.6. The Hall–Kier alpha value is -6.18. The highest BCUT2D eigenvalue weighted by molar-refractivity contribution is 5.98. The molecule has 0 radical (unpaired) electrons. The molecule has 1 spiro atoms. The van der Waals surface area contributed by atoms with Gasteiger partial charge in [-0.3, -0.25) is 0 Å². The average molecular weight is 766 g/mol. The van der Waals surface area contributed by atoms with Gasteiger partial charge in [-0.1, -0.05) is 204 Å². The lowest BCUT2D eigenvalue weighted by Gasteiger charge is -2.43. The van der Waals surface area contributed by atoms with Crippen molar-refractivity contribution >= 4 is 28.1 Å². The first kappa shape index (κ1) is 38.3. The van der Waals surface area contributed by atoms with E-state index < -0.39 is 0 Å². The van der Waals surface area contributed by atoms with Crippen LogP contribution in [0.1, 0.15) is 106 Å². The highest BCUT2D eigenvalue weighted by atomic mass is 15.2. The molecule has 0 aliphatic heterocycles. The smallest absolute Gasteiger partial charge is 0.0540 e. The van der Waals surface area contributed by atoms with E-state index in [1.807, 2.05) is 13.8 Å². The summed E-state index contributed by atoms with van der Waals surface area (Å²) in [6.45, 7) is 13.4. The van der Waals surface area contributed by atoms with Crippen LogP contribution in [0.5, 0.6) is 0 Å². The number of rotatable bonds is 6. The Morgan fingerprint density at radius 3 is 1.98 bits per heavy atom. The van der Waals surface area contributed by atoms with Gasteiger partial charge in [0, 0.05) is 27.9 Å². The fraction of sp³-hybridized carbons (Fsp3) is 0.207. The fourth-order valence-corrected chi connectivity index (χ4v) is 10.6. The number of fused-ring (bicyclic) bond motifs is 11. The molecule has 0 atom stereocenters. The van der Waals surface area contributed by atoms with Crippen LogP contribution in [0.3, 0.4) is 0 Å². The van der Waals surface area contributed by atoms with E-state index in [1.165, 1.54) is 89.3 Å². The zero-order valence-corrected chi connectivity index (χ0v) is 35.5. The molecule has 59 heavy (non-hydrogen) atoms. The second kappa shape index (κ2) is 15.5. The maximum absolute atomic E-state index is 2.60. The highest BCUT2D eigenvalue weighted by Crippen LogP contribution is 2.61. The number of hydrogen-bond donors (Lipinski definition) is 0. The Morgan fingerprint density at radius 1 is 0.678 bits per heavy atom. The zero-order chi connectivity index (χ0) is 40.7. The van der Waals surface area contributed by atoms with Gasteiger partial charge >= 0.3 is 0 Å². The van der Waals surface area contributed by atoms with Crippen molar-refractivity contribution in [3.05, 3.63) is 232 Å². The van der Waals surface area contributed by atoms with Gasteiger partial charge in [-0.25, -0.2) is 0 Å². The molecule has 0 aromatic heterocycles. The topological polar surface area (TPSA) is 3.24 Å². The third-order valence-corrected chi connectivity index (χ3v) is 13.4. The Kier molecular flexibility index (Phi) is 10.1. The third-order valence-electron chi connectivity index (χ3n) is 13.4. The van der Waals surface area contributed by atoms with E-state index in [0.29, 0.717) is 0 Å². The van der Waals surface area contributed by atoms with Gasteiger partial charge in [0.25, 0.3) is 0 Å². The van der Waals surface area contributed by atoms with E-state index in [1.54, 1.807) is 0 Å². The Morgan fingerprint density at radius 2 is 1.31 bits per heavy atom. The molecule has 5 aliphatic carbocycles. The van der Waals surface area contributed by atoms with Gasteiger partial charge in [0.1, 0.15) is 0 Å². The van der Waals surface area contributed by atoms with E-state index >= 15 is 0 Å². The van der Waals surface area contributed by atoms with Gasteiger partial charge in [-0.05, 0) is 106 Å². The average Bonchev–Trinajstić information content (AvgIpc) is 3.55. The van der Waals surface area contributed by atoms with Gasteiger partial charge in [0.05, 0.1) is 11.1 Å². The molecule has 0 saturated heterocycles. The summed E-state index contributed by atoms with van der Waals surface area (Å²) >= 11 is 0. The minimum atomic E-state index is -0.255. The number of benzene rings is 5. The molecule has 5 aromatic carbocycles. The zero-order valence-electron chi connectivity index (χ0n) is 35.5. The second-order valence-corrected chi connectivity index (χ2v) is 16.6. The Bertz CT molecular complexity index is 2670. The summed E-state index contributed by atoms with van der Waals surface area (Å²) in [5.74, 6) is 0. The maximum atomic E-state index is 2.60. The summed E-state index contributed by atoms with van der Waals surface area (Å²) < 4.78 is 0. The molecule has 0 N–H and O–H groups in total. The van der Waals surface area contributed by atoms with E-state index in [-0.39, 0.29) is 10.8 Å². The summed E-state index contributed by atoms with van der Waals surface area (Å²) in [6, 6.07) is 44.0. The molecule has 0 saturated carbocycles.